The number of thiocarbonyl (C=S) groups is 1. The molecule has 0 aromatic carbocycles. The second kappa shape index (κ2) is 6.58. The van der Waals surface area contributed by atoms with Crippen LogP contribution >= 0.6 is 35.3 Å². The quantitative estimate of drug-likeness (QED) is 0.660. The molecule has 1 aromatic heterocycles. The molecule has 0 unspecified atom stereocenters. The van der Waals surface area contributed by atoms with E-state index in [1.165, 1.54) is 4.88 Å². The number of hydrogen-bond donors (Lipinski definition) is 2. The Bertz CT molecular complexity index is 499. The molecule has 0 fully saturated rings. The maximum atomic E-state index is 12.1. The van der Waals surface area contributed by atoms with Crippen molar-refractivity contribution in [1.82, 2.24) is 5.32 Å². The number of anilines is 1. The zero-order chi connectivity index (χ0) is 13.8. The minimum Gasteiger partial charge on any atom is -0.462 e. The van der Waals surface area contributed by atoms with Crippen molar-refractivity contribution in [2.45, 2.75) is 19.1 Å². The number of rotatable bonds is 3. The lowest BCUT2D eigenvalue weighted by Gasteiger charge is -2.12. The number of carbonyl (C=O) groups is 1. The molecule has 2 rings (SSSR count). The summed E-state index contributed by atoms with van der Waals surface area (Å²) in [6.07, 6.45) is 0.915. The summed E-state index contributed by atoms with van der Waals surface area (Å²) in [5, 5.41) is 7.25. The summed E-state index contributed by atoms with van der Waals surface area (Å²) in [4.78, 5) is 13.4. The molecule has 0 saturated heterocycles. The van der Waals surface area contributed by atoms with Crippen molar-refractivity contribution in [1.29, 1.82) is 0 Å². The number of ether oxygens (including phenoxy) is 1. The van der Waals surface area contributed by atoms with E-state index in [4.69, 9.17) is 17.0 Å². The van der Waals surface area contributed by atoms with E-state index in [2.05, 4.69) is 10.6 Å². The lowest BCUT2D eigenvalue weighted by atomic mass is 10.1. The lowest BCUT2D eigenvalue weighted by Crippen LogP contribution is -2.24. The minimum absolute atomic E-state index is 0.256. The van der Waals surface area contributed by atoms with Crippen molar-refractivity contribution in [3.8, 4) is 0 Å². The predicted molar refractivity (Wildman–Crippen MR) is 85.4 cm³/mol. The Hall–Kier alpha value is -0.790. The highest BCUT2D eigenvalue weighted by Gasteiger charge is 2.26. The molecule has 1 aliphatic heterocycles. The topological polar surface area (TPSA) is 50.4 Å². The summed E-state index contributed by atoms with van der Waals surface area (Å²) in [7, 11) is 1.75. The second-order valence-electron chi connectivity index (χ2n) is 3.94. The van der Waals surface area contributed by atoms with E-state index in [0.29, 0.717) is 17.3 Å². The Labute approximate surface area is 126 Å². The van der Waals surface area contributed by atoms with Gasteiger partial charge in [-0.1, -0.05) is 0 Å². The van der Waals surface area contributed by atoms with Crippen LogP contribution in [0.25, 0.3) is 0 Å². The molecule has 1 aromatic rings. The zero-order valence-electron chi connectivity index (χ0n) is 10.9. The molecule has 1 aliphatic rings. The molecule has 7 heteroatoms. The summed E-state index contributed by atoms with van der Waals surface area (Å²) in [6.45, 7) is 2.20. The number of esters is 1. The van der Waals surface area contributed by atoms with Crippen molar-refractivity contribution < 1.29 is 9.53 Å². The van der Waals surface area contributed by atoms with Gasteiger partial charge in [0.25, 0.3) is 0 Å². The molecule has 0 amide bonds. The molecule has 0 spiro atoms. The van der Waals surface area contributed by atoms with Gasteiger partial charge in [0.15, 0.2) is 5.11 Å². The van der Waals surface area contributed by atoms with Crippen LogP contribution in [0.4, 0.5) is 5.00 Å². The first kappa shape index (κ1) is 14.6. The van der Waals surface area contributed by atoms with E-state index in [-0.39, 0.29) is 5.97 Å². The van der Waals surface area contributed by atoms with Crippen molar-refractivity contribution in [3.63, 3.8) is 0 Å². The smallest absolute Gasteiger partial charge is 0.341 e. The van der Waals surface area contributed by atoms with Gasteiger partial charge in [-0.25, -0.2) is 4.79 Å². The second-order valence-corrected chi connectivity index (χ2v) is 6.55. The Morgan fingerprint density at radius 2 is 2.32 bits per heavy atom. The molecular formula is C12H16N2O2S3. The molecule has 4 nitrogen and oxygen atoms in total. The maximum Gasteiger partial charge on any atom is 0.341 e. The van der Waals surface area contributed by atoms with E-state index in [1.54, 1.807) is 18.4 Å². The van der Waals surface area contributed by atoms with Crippen molar-refractivity contribution in [2.24, 2.45) is 0 Å². The average molecular weight is 316 g/mol. The summed E-state index contributed by atoms with van der Waals surface area (Å²) in [6, 6.07) is 0. The maximum absolute atomic E-state index is 12.1. The van der Waals surface area contributed by atoms with Crippen LogP contribution < -0.4 is 10.6 Å². The van der Waals surface area contributed by atoms with Gasteiger partial charge in [-0.3, -0.25) is 0 Å². The molecule has 0 radical (unpaired) electrons. The van der Waals surface area contributed by atoms with Gasteiger partial charge in [-0.2, -0.15) is 11.8 Å². The summed E-state index contributed by atoms with van der Waals surface area (Å²) in [5.74, 6) is 1.75. The fraction of sp³-hybridized carbons (Fsp3) is 0.500. The van der Waals surface area contributed by atoms with Gasteiger partial charge in [0.2, 0.25) is 0 Å². The molecule has 104 valence electrons. The van der Waals surface area contributed by atoms with Gasteiger partial charge in [0.1, 0.15) is 5.00 Å². The lowest BCUT2D eigenvalue weighted by molar-refractivity contribution is 0.0527. The first-order valence-electron chi connectivity index (χ1n) is 6.05. The molecule has 0 saturated carbocycles. The normalized spacial score (nSPS) is 13.6. The number of carbonyl (C=O) groups excluding carboxylic acids is 1. The van der Waals surface area contributed by atoms with Crippen LogP contribution in [0.5, 0.6) is 0 Å². The molecule has 0 atom stereocenters. The van der Waals surface area contributed by atoms with Crippen LogP contribution in [0.3, 0.4) is 0 Å². The van der Waals surface area contributed by atoms with Crippen LogP contribution in [0.1, 0.15) is 27.7 Å². The number of nitrogens with one attached hydrogen (secondary N) is 2. The fourth-order valence-corrected chi connectivity index (χ4v) is 4.45. The molecule has 19 heavy (non-hydrogen) atoms. The molecule has 2 heterocycles. The molecule has 2 N–H and O–H groups in total. The predicted octanol–water partition coefficient (Wildman–Crippen LogP) is 2.63. The summed E-state index contributed by atoms with van der Waals surface area (Å²) >= 11 is 8.61. The highest BCUT2D eigenvalue weighted by atomic mass is 32.2. The van der Waals surface area contributed by atoms with Crippen LogP contribution in [0.15, 0.2) is 0 Å². The third-order valence-corrected chi connectivity index (χ3v) is 5.38. The van der Waals surface area contributed by atoms with Gasteiger partial charge in [-0.15, -0.1) is 11.3 Å². The van der Waals surface area contributed by atoms with E-state index in [0.717, 1.165) is 28.5 Å². The van der Waals surface area contributed by atoms with Gasteiger partial charge in [-0.05, 0) is 36.9 Å². The largest absolute Gasteiger partial charge is 0.462 e. The number of thiophene rings is 1. The van der Waals surface area contributed by atoms with Crippen molar-refractivity contribution >= 4 is 51.4 Å². The van der Waals surface area contributed by atoms with Gasteiger partial charge in [0.05, 0.1) is 12.2 Å². The number of thioether (sulfide) groups is 1. The van der Waals surface area contributed by atoms with E-state index in [9.17, 15) is 4.79 Å². The Morgan fingerprint density at radius 1 is 1.53 bits per heavy atom. The molecule has 0 aliphatic carbocycles. The van der Waals surface area contributed by atoms with Crippen LogP contribution in [0.2, 0.25) is 0 Å². The summed E-state index contributed by atoms with van der Waals surface area (Å²) < 4.78 is 5.17. The van der Waals surface area contributed by atoms with Gasteiger partial charge >= 0.3 is 5.97 Å². The van der Waals surface area contributed by atoms with Crippen LogP contribution in [-0.4, -0.2) is 30.5 Å². The van der Waals surface area contributed by atoms with E-state index in [1.807, 2.05) is 18.7 Å². The van der Waals surface area contributed by atoms with Crippen LogP contribution in [0, 0.1) is 0 Å². The monoisotopic (exact) mass is 316 g/mol. The van der Waals surface area contributed by atoms with Gasteiger partial charge < -0.3 is 15.4 Å². The first-order chi connectivity index (χ1) is 9.17. The zero-order valence-corrected chi connectivity index (χ0v) is 13.3. The van der Waals surface area contributed by atoms with Crippen molar-refractivity contribution in [2.75, 3.05) is 24.7 Å². The van der Waals surface area contributed by atoms with E-state index < -0.39 is 0 Å². The first-order valence-corrected chi connectivity index (χ1v) is 8.43. The number of fused-ring (bicyclic) bond motifs is 1. The standard InChI is InChI=1S/C12H16N2O2S3/c1-3-16-11(15)9-7-4-5-18-6-8(7)19-10(9)14-12(17)13-2/h3-6H2,1-2H3,(H2,13,14,17). The Kier molecular flexibility index (Phi) is 5.06. The third kappa shape index (κ3) is 3.21. The Morgan fingerprint density at radius 3 is 3.00 bits per heavy atom. The van der Waals surface area contributed by atoms with Gasteiger partial charge in [0, 0.05) is 17.7 Å². The third-order valence-electron chi connectivity index (χ3n) is 2.75. The minimum atomic E-state index is -0.256. The number of hydrogen-bond acceptors (Lipinski definition) is 5. The Balaban J connectivity index is 2.37. The average Bonchev–Trinajstić information content (AvgIpc) is 2.76. The summed E-state index contributed by atoms with van der Waals surface area (Å²) in [5.41, 5.74) is 1.79. The van der Waals surface area contributed by atoms with E-state index >= 15 is 0 Å². The van der Waals surface area contributed by atoms with Crippen LogP contribution in [-0.2, 0) is 16.9 Å². The van der Waals surface area contributed by atoms with Crippen molar-refractivity contribution in [3.05, 3.63) is 16.0 Å². The fourth-order valence-electron chi connectivity index (χ4n) is 1.91. The highest BCUT2D eigenvalue weighted by Crippen LogP contribution is 2.39. The SMILES string of the molecule is CCOC(=O)c1c(NC(=S)NC)sc2c1CCSC2. The molecule has 0 bridgehead atoms. The molecular weight excluding hydrogens is 300 g/mol. The highest BCUT2D eigenvalue weighted by molar-refractivity contribution is 7.98.